The highest BCUT2D eigenvalue weighted by molar-refractivity contribution is 7.14. The van der Waals surface area contributed by atoms with Gasteiger partial charge in [0.05, 0.1) is 28.4 Å². The lowest BCUT2D eigenvalue weighted by Crippen LogP contribution is -2.15. The minimum absolute atomic E-state index is 0.113. The first-order valence-electron chi connectivity index (χ1n) is 6.69. The lowest BCUT2D eigenvalue weighted by molar-refractivity contribution is 0.0594. The van der Waals surface area contributed by atoms with E-state index in [1.165, 1.54) is 33.8 Å². The second-order valence-corrected chi connectivity index (χ2v) is 5.22. The number of amides is 1. The summed E-state index contributed by atoms with van der Waals surface area (Å²) in [5.74, 6) is -0.150. The van der Waals surface area contributed by atoms with Gasteiger partial charge in [0, 0.05) is 5.38 Å². The first-order valence-corrected chi connectivity index (χ1v) is 7.57. The molecular formula is C15H16N2O6S. The molecule has 0 bridgehead atoms. The van der Waals surface area contributed by atoms with Crippen molar-refractivity contribution in [1.82, 2.24) is 4.98 Å². The van der Waals surface area contributed by atoms with Crippen molar-refractivity contribution in [2.75, 3.05) is 33.8 Å². The molecule has 0 aliphatic carbocycles. The van der Waals surface area contributed by atoms with Gasteiger partial charge in [-0.05, 0) is 12.1 Å². The highest BCUT2D eigenvalue weighted by Gasteiger charge is 2.23. The lowest BCUT2D eigenvalue weighted by atomic mass is 10.1. The molecule has 2 rings (SSSR count). The average molecular weight is 352 g/mol. The fourth-order valence-electron chi connectivity index (χ4n) is 1.98. The van der Waals surface area contributed by atoms with Crippen LogP contribution in [0.25, 0.3) is 0 Å². The molecule has 0 aliphatic heterocycles. The summed E-state index contributed by atoms with van der Waals surface area (Å²) >= 11 is 1.10. The Morgan fingerprint density at radius 2 is 1.71 bits per heavy atom. The molecule has 24 heavy (non-hydrogen) atoms. The van der Waals surface area contributed by atoms with Gasteiger partial charge in [-0.1, -0.05) is 0 Å². The second-order valence-electron chi connectivity index (χ2n) is 4.36. The van der Waals surface area contributed by atoms with Crippen LogP contribution in [0.3, 0.4) is 0 Å². The largest absolute Gasteiger partial charge is 0.496 e. The first-order chi connectivity index (χ1) is 11.5. The first kappa shape index (κ1) is 17.5. The SMILES string of the molecule is COC(=O)c1csc(NC(=O)c2c(OC)ccc(OC)c2OC)n1. The molecule has 0 saturated heterocycles. The Balaban J connectivity index is 2.35. The number of carbonyl (C=O) groups is 2. The van der Waals surface area contributed by atoms with Gasteiger partial charge >= 0.3 is 5.97 Å². The van der Waals surface area contributed by atoms with Crippen molar-refractivity contribution in [3.63, 3.8) is 0 Å². The highest BCUT2D eigenvalue weighted by Crippen LogP contribution is 2.37. The molecule has 1 aromatic heterocycles. The summed E-state index contributed by atoms with van der Waals surface area (Å²) in [6.45, 7) is 0. The predicted molar refractivity (Wildman–Crippen MR) is 87.5 cm³/mol. The van der Waals surface area contributed by atoms with Gasteiger partial charge in [0.25, 0.3) is 5.91 Å². The summed E-state index contributed by atoms with van der Waals surface area (Å²) in [7, 11) is 5.59. The van der Waals surface area contributed by atoms with E-state index in [9.17, 15) is 9.59 Å². The van der Waals surface area contributed by atoms with Crippen molar-refractivity contribution in [2.24, 2.45) is 0 Å². The van der Waals surface area contributed by atoms with Crippen molar-refractivity contribution in [1.29, 1.82) is 0 Å². The summed E-state index contributed by atoms with van der Waals surface area (Å²) in [4.78, 5) is 28.0. The number of rotatable bonds is 6. The normalized spacial score (nSPS) is 10.0. The van der Waals surface area contributed by atoms with Crippen LogP contribution in [-0.4, -0.2) is 45.3 Å². The zero-order valence-electron chi connectivity index (χ0n) is 13.5. The topological polar surface area (TPSA) is 96.0 Å². The van der Waals surface area contributed by atoms with E-state index >= 15 is 0 Å². The van der Waals surface area contributed by atoms with Crippen molar-refractivity contribution in [3.05, 3.63) is 28.8 Å². The third kappa shape index (κ3) is 3.40. The molecule has 0 saturated carbocycles. The Kier molecular flexibility index (Phi) is 5.59. The number of hydrogen-bond acceptors (Lipinski definition) is 8. The van der Waals surface area contributed by atoms with Crippen LogP contribution in [0, 0.1) is 0 Å². The molecule has 1 aromatic carbocycles. The van der Waals surface area contributed by atoms with Crippen LogP contribution >= 0.6 is 11.3 Å². The number of esters is 1. The Morgan fingerprint density at radius 1 is 1.04 bits per heavy atom. The van der Waals surface area contributed by atoms with E-state index in [1.54, 1.807) is 12.1 Å². The van der Waals surface area contributed by atoms with E-state index in [1.807, 2.05) is 0 Å². The zero-order chi connectivity index (χ0) is 17.7. The van der Waals surface area contributed by atoms with Gasteiger partial charge in [-0.3, -0.25) is 10.1 Å². The summed E-state index contributed by atoms with van der Waals surface area (Å²) in [5.41, 5.74) is 0.275. The molecule has 0 spiro atoms. The fraction of sp³-hybridized carbons (Fsp3) is 0.267. The number of carbonyl (C=O) groups excluding carboxylic acids is 2. The van der Waals surface area contributed by atoms with Crippen LogP contribution in [0.5, 0.6) is 17.2 Å². The van der Waals surface area contributed by atoms with E-state index in [2.05, 4.69) is 15.0 Å². The van der Waals surface area contributed by atoms with Gasteiger partial charge in [-0.2, -0.15) is 0 Å². The zero-order valence-corrected chi connectivity index (χ0v) is 14.4. The van der Waals surface area contributed by atoms with Crippen molar-refractivity contribution < 1.29 is 28.5 Å². The van der Waals surface area contributed by atoms with Gasteiger partial charge in [-0.25, -0.2) is 9.78 Å². The van der Waals surface area contributed by atoms with Crippen LogP contribution in [-0.2, 0) is 4.74 Å². The average Bonchev–Trinajstić information content (AvgIpc) is 3.07. The molecule has 8 nitrogen and oxygen atoms in total. The van der Waals surface area contributed by atoms with Crippen molar-refractivity contribution in [2.45, 2.75) is 0 Å². The van der Waals surface area contributed by atoms with Gasteiger partial charge in [0.15, 0.2) is 22.3 Å². The third-order valence-electron chi connectivity index (χ3n) is 3.07. The molecule has 0 radical (unpaired) electrons. The molecule has 0 aliphatic rings. The van der Waals surface area contributed by atoms with E-state index < -0.39 is 11.9 Å². The summed E-state index contributed by atoms with van der Waals surface area (Å²) in [5, 5.41) is 4.33. The van der Waals surface area contributed by atoms with Crippen molar-refractivity contribution >= 4 is 28.3 Å². The molecule has 2 aromatic rings. The summed E-state index contributed by atoms with van der Waals surface area (Å²) < 4.78 is 20.3. The van der Waals surface area contributed by atoms with E-state index in [0.717, 1.165) is 11.3 Å². The molecule has 1 N–H and O–H groups in total. The number of anilines is 1. The Morgan fingerprint density at radius 3 is 2.29 bits per heavy atom. The van der Waals surface area contributed by atoms with Crippen LogP contribution in [0.2, 0.25) is 0 Å². The molecular weight excluding hydrogens is 336 g/mol. The minimum atomic E-state index is -0.580. The monoisotopic (exact) mass is 352 g/mol. The molecule has 0 fully saturated rings. The maximum absolute atomic E-state index is 12.6. The second kappa shape index (κ2) is 7.64. The molecule has 1 heterocycles. The van der Waals surface area contributed by atoms with Crippen molar-refractivity contribution in [3.8, 4) is 17.2 Å². The summed E-state index contributed by atoms with van der Waals surface area (Å²) in [6, 6.07) is 3.23. The summed E-state index contributed by atoms with van der Waals surface area (Å²) in [6.07, 6.45) is 0. The van der Waals surface area contributed by atoms with E-state index in [4.69, 9.17) is 14.2 Å². The Labute approximate surface area is 142 Å². The highest BCUT2D eigenvalue weighted by atomic mass is 32.1. The molecule has 0 atom stereocenters. The fourth-order valence-corrected chi connectivity index (χ4v) is 2.66. The van der Waals surface area contributed by atoms with Crippen LogP contribution in [0.1, 0.15) is 20.8 Å². The van der Waals surface area contributed by atoms with E-state index in [0.29, 0.717) is 11.5 Å². The number of methoxy groups -OCH3 is 4. The number of ether oxygens (including phenoxy) is 4. The molecule has 9 heteroatoms. The molecule has 0 unspecified atom stereocenters. The molecule has 1 amide bonds. The Hall–Kier alpha value is -2.81. The van der Waals surface area contributed by atoms with Gasteiger partial charge < -0.3 is 18.9 Å². The third-order valence-corrected chi connectivity index (χ3v) is 3.83. The number of benzene rings is 1. The quantitative estimate of drug-likeness (QED) is 0.796. The Bertz CT molecular complexity index is 758. The maximum atomic E-state index is 12.6. The van der Waals surface area contributed by atoms with Gasteiger partial charge in [0.1, 0.15) is 11.3 Å². The predicted octanol–water partition coefficient (Wildman–Crippen LogP) is 2.21. The van der Waals surface area contributed by atoms with E-state index in [-0.39, 0.29) is 22.1 Å². The maximum Gasteiger partial charge on any atom is 0.357 e. The van der Waals surface area contributed by atoms with Gasteiger partial charge in [-0.15, -0.1) is 11.3 Å². The number of nitrogens with one attached hydrogen (secondary N) is 1. The number of hydrogen-bond donors (Lipinski definition) is 1. The van der Waals surface area contributed by atoms with Crippen LogP contribution in [0.15, 0.2) is 17.5 Å². The number of aromatic nitrogens is 1. The van der Waals surface area contributed by atoms with Crippen LogP contribution < -0.4 is 19.5 Å². The smallest absolute Gasteiger partial charge is 0.357 e. The van der Waals surface area contributed by atoms with Gasteiger partial charge in [0.2, 0.25) is 0 Å². The van der Waals surface area contributed by atoms with Crippen LogP contribution in [0.4, 0.5) is 5.13 Å². The number of thiazole rings is 1. The molecule has 128 valence electrons. The minimum Gasteiger partial charge on any atom is -0.496 e. The number of nitrogens with zero attached hydrogens (tertiary/aromatic N) is 1. The lowest BCUT2D eigenvalue weighted by Gasteiger charge is -2.15. The standard InChI is InChI=1S/C15H16N2O6S/c1-20-9-5-6-10(21-2)12(22-3)11(9)13(18)17-15-16-8(7-24-15)14(19)23-4/h5-7H,1-4H3,(H,16,17,18).